The van der Waals surface area contributed by atoms with E-state index < -0.39 is 0 Å². The zero-order chi connectivity index (χ0) is 9.10. The van der Waals surface area contributed by atoms with Gasteiger partial charge in [-0.1, -0.05) is 0 Å². The highest BCUT2D eigenvalue weighted by molar-refractivity contribution is 4.82. The summed E-state index contributed by atoms with van der Waals surface area (Å²) in [5.41, 5.74) is 0. The summed E-state index contributed by atoms with van der Waals surface area (Å²) < 4.78 is 0. The minimum absolute atomic E-state index is 0.838. The van der Waals surface area contributed by atoms with Crippen molar-refractivity contribution < 1.29 is 0 Å². The molecule has 2 nitrogen and oxygen atoms in total. The van der Waals surface area contributed by atoms with Crippen molar-refractivity contribution in [3.63, 3.8) is 0 Å². The number of piperidine rings is 1. The standard InChI is InChI=1S/C11H22N2/c1-10(13-8-2-3-9-13)11-4-6-12-7-5-11/h10-12H,2-9H2,1H3. The minimum Gasteiger partial charge on any atom is -0.317 e. The van der Waals surface area contributed by atoms with Gasteiger partial charge in [-0.3, -0.25) is 0 Å². The molecule has 0 amide bonds. The first-order valence-corrected chi connectivity index (χ1v) is 5.82. The average Bonchev–Trinajstić information content (AvgIpc) is 2.71. The molecule has 0 aromatic heterocycles. The van der Waals surface area contributed by atoms with Gasteiger partial charge in [0.2, 0.25) is 0 Å². The number of nitrogens with one attached hydrogen (secondary N) is 1. The van der Waals surface area contributed by atoms with E-state index in [-0.39, 0.29) is 0 Å². The van der Waals surface area contributed by atoms with Crippen LogP contribution in [0.15, 0.2) is 0 Å². The van der Waals surface area contributed by atoms with Gasteiger partial charge < -0.3 is 10.2 Å². The van der Waals surface area contributed by atoms with Crippen molar-refractivity contribution >= 4 is 0 Å². The highest BCUT2D eigenvalue weighted by Crippen LogP contribution is 2.23. The zero-order valence-electron chi connectivity index (χ0n) is 8.76. The molecule has 0 aromatic carbocycles. The van der Waals surface area contributed by atoms with Crippen molar-refractivity contribution in [3.8, 4) is 0 Å². The summed E-state index contributed by atoms with van der Waals surface area (Å²) in [6.45, 7) is 7.61. The van der Waals surface area contributed by atoms with Crippen molar-refractivity contribution in [3.05, 3.63) is 0 Å². The van der Waals surface area contributed by atoms with Crippen LogP contribution in [0.2, 0.25) is 0 Å². The van der Waals surface area contributed by atoms with E-state index in [0.29, 0.717) is 0 Å². The van der Waals surface area contributed by atoms with Crippen molar-refractivity contribution in [1.82, 2.24) is 10.2 Å². The fourth-order valence-electron chi connectivity index (χ4n) is 2.77. The molecule has 1 atom stereocenters. The molecule has 13 heavy (non-hydrogen) atoms. The first kappa shape index (κ1) is 9.47. The third-order valence-electron chi connectivity index (χ3n) is 3.78. The third-order valence-corrected chi connectivity index (χ3v) is 3.78. The van der Waals surface area contributed by atoms with Crippen molar-refractivity contribution in [1.29, 1.82) is 0 Å². The summed E-state index contributed by atoms with van der Waals surface area (Å²) in [7, 11) is 0. The Kier molecular flexibility index (Phi) is 3.23. The molecule has 0 aromatic rings. The van der Waals surface area contributed by atoms with Crippen molar-refractivity contribution in [2.45, 2.75) is 38.6 Å². The van der Waals surface area contributed by atoms with Gasteiger partial charge in [0.1, 0.15) is 0 Å². The quantitative estimate of drug-likeness (QED) is 0.695. The lowest BCUT2D eigenvalue weighted by Gasteiger charge is -2.34. The van der Waals surface area contributed by atoms with E-state index in [2.05, 4.69) is 17.1 Å². The van der Waals surface area contributed by atoms with Crippen LogP contribution >= 0.6 is 0 Å². The van der Waals surface area contributed by atoms with Crippen LogP contribution in [0.4, 0.5) is 0 Å². The summed E-state index contributed by atoms with van der Waals surface area (Å²) in [5.74, 6) is 0.958. The van der Waals surface area contributed by atoms with E-state index in [1.54, 1.807) is 0 Å². The smallest absolute Gasteiger partial charge is 0.00961 e. The Labute approximate surface area is 81.7 Å². The van der Waals surface area contributed by atoms with Crippen molar-refractivity contribution in [2.24, 2.45) is 5.92 Å². The predicted octanol–water partition coefficient (Wildman–Crippen LogP) is 1.47. The van der Waals surface area contributed by atoms with Gasteiger partial charge in [0.25, 0.3) is 0 Å². The minimum atomic E-state index is 0.838. The maximum Gasteiger partial charge on any atom is 0.00961 e. The van der Waals surface area contributed by atoms with Crippen LogP contribution in [0, 0.1) is 5.92 Å². The molecule has 0 saturated carbocycles. The molecule has 0 spiro atoms. The van der Waals surface area contributed by atoms with Gasteiger partial charge in [0.05, 0.1) is 0 Å². The number of hydrogen-bond acceptors (Lipinski definition) is 2. The van der Waals surface area contributed by atoms with Crippen LogP contribution in [0.5, 0.6) is 0 Å². The molecule has 2 heteroatoms. The molecular weight excluding hydrogens is 160 g/mol. The number of rotatable bonds is 2. The zero-order valence-corrected chi connectivity index (χ0v) is 8.76. The molecule has 1 N–H and O–H groups in total. The molecule has 0 aliphatic carbocycles. The number of hydrogen-bond donors (Lipinski definition) is 1. The number of nitrogens with zero attached hydrogens (tertiary/aromatic N) is 1. The van der Waals surface area contributed by atoms with E-state index in [4.69, 9.17) is 0 Å². The summed E-state index contributed by atoms with van der Waals surface area (Å²) in [6, 6.07) is 0.838. The van der Waals surface area contributed by atoms with Crippen LogP contribution in [-0.2, 0) is 0 Å². The SMILES string of the molecule is CC(C1CCNCC1)N1CCCC1. The monoisotopic (exact) mass is 182 g/mol. The van der Waals surface area contributed by atoms with E-state index in [1.165, 1.54) is 51.9 Å². The Morgan fingerprint density at radius 1 is 1.15 bits per heavy atom. The van der Waals surface area contributed by atoms with Crippen molar-refractivity contribution in [2.75, 3.05) is 26.2 Å². The second-order valence-electron chi connectivity index (χ2n) is 4.57. The lowest BCUT2D eigenvalue weighted by molar-refractivity contribution is 0.162. The molecular formula is C11H22N2. The summed E-state index contributed by atoms with van der Waals surface area (Å²) in [6.07, 6.45) is 5.62. The second-order valence-corrected chi connectivity index (χ2v) is 4.57. The normalized spacial score (nSPS) is 29.3. The number of likely N-dealkylation sites (tertiary alicyclic amines) is 1. The van der Waals surface area contributed by atoms with Crippen LogP contribution in [0.3, 0.4) is 0 Å². The molecule has 2 rings (SSSR count). The molecule has 0 bridgehead atoms. The van der Waals surface area contributed by atoms with Crippen LogP contribution < -0.4 is 5.32 Å². The van der Waals surface area contributed by atoms with Gasteiger partial charge in [0, 0.05) is 6.04 Å². The fraction of sp³-hybridized carbons (Fsp3) is 1.00. The molecule has 2 aliphatic heterocycles. The molecule has 2 aliphatic rings. The second kappa shape index (κ2) is 4.43. The predicted molar refractivity (Wildman–Crippen MR) is 55.9 cm³/mol. The first-order valence-electron chi connectivity index (χ1n) is 5.82. The van der Waals surface area contributed by atoms with E-state index in [1.807, 2.05) is 0 Å². The van der Waals surface area contributed by atoms with E-state index in [0.717, 1.165) is 12.0 Å². The van der Waals surface area contributed by atoms with Gasteiger partial charge in [-0.05, 0) is 64.7 Å². The highest BCUT2D eigenvalue weighted by Gasteiger charge is 2.26. The van der Waals surface area contributed by atoms with E-state index >= 15 is 0 Å². The first-order chi connectivity index (χ1) is 6.38. The lowest BCUT2D eigenvalue weighted by Crippen LogP contribution is -2.41. The van der Waals surface area contributed by atoms with E-state index in [9.17, 15) is 0 Å². The van der Waals surface area contributed by atoms with Gasteiger partial charge in [0.15, 0.2) is 0 Å². The maximum absolute atomic E-state index is 3.44. The summed E-state index contributed by atoms with van der Waals surface area (Å²) >= 11 is 0. The Hall–Kier alpha value is -0.0800. The highest BCUT2D eigenvalue weighted by atomic mass is 15.2. The van der Waals surface area contributed by atoms with Crippen LogP contribution in [-0.4, -0.2) is 37.1 Å². The van der Waals surface area contributed by atoms with Gasteiger partial charge >= 0.3 is 0 Å². The maximum atomic E-state index is 3.44. The van der Waals surface area contributed by atoms with Crippen LogP contribution in [0.25, 0.3) is 0 Å². The Bertz CT molecular complexity index is 146. The Morgan fingerprint density at radius 3 is 2.38 bits per heavy atom. The Morgan fingerprint density at radius 2 is 1.77 bits per heavy atom. The van der Waals surface area contributed by atoms with Gasteiger partial charge in [-0.25, -0.2) is 0 Å². The molecule has 2 heterocycles. The van der Waals surface area contributed by atoms with Gasteiger partial charge in [-0.15, -0.1) is 0 Å². The average molecular weight is 182 g/mol. The summed E-state index contributed by atoms with van der Waals surface area (Å²) in [4.78, 5) is 2.69. The lowest BCUT2D eigenvalue weighted by atomic mass is 9.90. The van der Waals surface area contributed by atoms with Gasteiger partial charge in [-0.2, -0.15) is 0 Å². The molecule has 2 fully saturated rings. The topological polar surface area (TPSA) is 15.3 Å². The summed E-state index contributed by atoms with van der Waals surface area (Å²) in [5, 5.41) is 3.44. The Balaban J connectivity index is 1.83. The fourth-order valence-corrected chi connectivity index (χ4v) is 2.77. The van der Waals surface area contributed by atoms with Crippen LogP contribution in [0.1, 0.15) is 32.6 Å². The largest absolute Gasteiger partial charge is 0.317 e. The molecule has 1 unspecified atom stereocenters. The molecule has 2 saturated heterocycles. The molecule has 0 radical (unpaired) electrons. The molecule has 76 valence electrons. The third kappa shape index (κ3) is 2.23.